The summed E-state index contributed by atoms with van der Waals surface area (Å²) in [6.45, 7) is 5.91. The van der Waals surface area contributed by atoms with Crippen molar-refractivity contribution in [2.75, 3.05) is 51.2 Å². The molecule has 3 rings (SSSR count). The highest BCUT2D eigenvalue weighted by Gasteiger charge is 2.29. The van der Waals surface area contributed by atoms with E-state index in [2.05, 4.69) is 35.4 Å². The first-order valence-corrected chi connectivity index (χ1v) is 10.3. The Kier molecular flexibility index (Phi) is 10.4. The van der Waals surface area contributed by atoms with Crippen molar-refractivity contribution in [1.82, 2.24) is 25.5 Å². The van der Waals surface area contributed by atoms with Crippen molar-refractivity contribution in [3.05, 3.63) is 53.9 Å². The van der Waals surface area contributed by atoms with Crippen molar-refractivity contribution in [3.8, 4) is 0 Å². The average molecular weight is 563 g/mol. The molecule has 7 nitrogen and oxygen atoms in total. The van der Waals surface area contributed by atoms with Gasteiger partial charge >= 0.3 is 6.18 Å². The lowest BCUT2D eigenvalue weighted by Gasteiger charge is -2.34. The fraction of sp³-hybridized carbons (Fsp3) is 0.476. The van der Waals surface area contributed by atoms with Gasteiger partial charge in [0.15, 0.2) is 5.96 Å². The third-order valence-electron chi connectivity index (χ3n) is 5.12. The summed E-state index contributed by atoms with van der Waals surface area (Å²) in [4.78, 5) is 17.4. The van der Waals surface area contributed by atoms with Gasteiger partial charge in [-0.15, -0.1) is 24.0 Å². The maximum Gasteiger partial charge on any atom is 0.416 e. The molecule has 2 N–H and O–H groups in total. The van der Waals surface area contributed by atoms with Gasteiger partial charge in [-0.25, -0.2) is 9.97 Å². The lowest BCUT2D eigenvalue weighted by Crippen LogP contribution is -2.47. The van der Waals surface area contributed by atoms with Crippen LogP contribution >= 0.6 is 24.0 Å². The number of rotatable bonds is 7. The normalized spacial score (nSPS) is 15.2. The molecule has 0 radical (unpaired) electrons. The molecule has 176 valence electrons. The van der Waals surface area contributed by atoms with Gasteiger partial charge in [0.1, 0.15) is 0 Å². The van der Waals surface area contributed by atoms with E-state index in [1.54, 1.807) is 19.4 Å². The van der Waals surface area contributed by atoms with Crippen molar-refractivity contribution < 1.29 is 13.2 Å². The van der Waals surface area contributed by atoms with Gasteiger partial charge in [-0.3, -0.25) is 9.89 Å². The van der Waals surface area contributed by atoms with Gasteiger partial charge in [-0.05, 0) is 36.7 Å². The number of hydrogen-bond donors (Lipinski definition) is 2. The molecular weight excluding hydrogens is 534 g/mol. The first-order chi connectivity index (χ1) is 15.0. The van der Waals surface area contributed by atoms with Crippen molar-refractivity contribution in [3.63, 3.8) is 0 Å². The number of nitrogens with zero attached hydrogens (tertiary/aromatic N) is 5. The van der Waals surface area contributed by atoms with Crippen LogP contribution in [0.3, 0.4) is 0 Å². The van der Waals surface area contributed by atoms with Crippen LogP contribution in [0.4, 0.5) is 19.1 Å². The van der Waals surface area contributed by atoms with Crippen LogP contribution in [-0.4, -0.2) is 67.1 Å². The number of hydrogen-bond acceptors (Lipinski definition) is 5. The highest BCUT2D eigenvalue weighted by atomic mass is 127. The van der Waals surface area contributed by atoms with Gasteiger partial charge in [0, 0.05) is 58.7 Å². The highest BCUT2D eigenvalue weighted by molar-refractivity contribution is 14.0. The summed E-state index contributed by atoms with van der Waals surface area (Å²) in [7, 11) is 1.67. The Morgan fingerprint density at radius 2 is 1.69 bits per heavy atom. The van der Waals surface area contributed by atoms with E-state index in [0.29, 0.717) is 12.5 Å². The maximum atomic E-state index is 12.6. The van der Waals surface area contributed by atoms with Gasteiger partial charge in [0.25, 0.3) is 0 Å². The molecule has 0 saturated carbocycles. The minimum atomic E-state index is -4.31. The third-order valence-corrected chi connectivity index (χ3v) is 5.12. The SMILES string of the molecule is CN=C(NCCCN1CCN(c2ncccn2)CC1)NCc1ccc(C(F)(F)F)cc1.I. The number of nitrogens with one attached hydrogen (secondary N) is 2. The van der Waals surface area contributed by atoms with E-state index in [1.807, 2.05) is 6.07 Å². The molecule has 0 atom stereocenters. The summed E-state index contributed by atoms with van der Waals surface area (Å²) in [5.41, 5.74) is 0.118. The van der Waals surface area contributed by atoms with Crippen LogP contribution in [0.5, 0.6) is 0 Å². The quantitative estimate of drug-likeness (QED) is 0.234. The summed E-state index contributed by atoms with van der Waals surface area (Å²) in [6.07, 6.45) is 0.173. The number of aliphatic imine (C=N–C) groups is 1. The van der Waals surface area contributed by atoms with Crippen LogP contribution < -0.4 is 15.5 Å². The molecule has 1 aromatic heterocycles. The van der Waals surface area contributed by atoms with Crippen LogP contribution in [0.1, 0.15) is 17.5 Å². The second-order valence-electron chi connectivity index (χ2n) is 7.28. The largest absolute Gasteiger partial charge is 0.416 e. The number of piperazine rings is 1. The summed E-state index contributed by atoms with van der Waals surface area (Å²) < 4.78 is 37.9. The van der Waals surface area contributed by atoms with E-state index < -0.39 is 11.7 Å². The molecule has 0 amide bonds. The number of aromatic nitrogens is 2. The molecule has 0 spiro atoms. The van der Waals surface area contributed by atoms with Crippen LogP contribution in [-0.2, 0) is 12.7 Å². The molecular formula is C21H29F3IN7. The fourth-order valence-electron chi connectivity index (χ4n) is 3.35. The van der Waals surface area contributed by atoms with Gasteiger partial charge < -0.3 is 15.5 Å². The zero-order chi connectivity index (χ0) is 22.1. The Morgan fingerprint density at radius 1 is 1.03 bits per heavy atom. The first kappa shape index (κ1) is 26.1. The van der Waals surface area contributed by atoms with E-state index in [4.69, 9.17) is 0 Å². The summed E-state index contributed by atoms with van der Waals surface area (Å²) >= 11 is 0. The minimum Gasteiger partial charge on any atom is -0.356 e. The lowest BCUT2D eigenvalue weighted by molar-refractivity contribution is -0.137. The van der Waals surface area contributed by atoms with Crippen LogP contribution in [0.2, 0.25) is 0 Å². The zero-order valence-electron chi connectivity index (χ0n) is 18.0. The average Bonchev–Trinajstić information content (AvgIpc) is 2.79. The first-order valence-electron chi connectivity index (χ1n) is 10.3. The summed E-state index contributed by atoms with van der Waals surface area (Å²) in [5, 5.41) is 6.38. The predicted octanol–water partition coefficient (Wildman–Crippen LogP) is 2.99. The number of anilines is 1. The monoisotopic (exact) mass is 563 g/mol. The molecule has 0 bridgehead atoms. The molecule has 2 heterocycles. The van der Waals surface area contributed by atoms with Crippen LogP contribution in [0.25, 0.3) is 0 Å². The molecule has 1 aromatic carbocycles. The minimum absolute atomic E-state index is 0. The number of benzene rings is 1. The Bertz CT molecular complexity index is 824. The Balaban J connectivity index is 0.00000363. The molecule has 1 fully saturated rings. The van der Waals surface area contributed by atoms with Crippen LogP contribution in [0.15, 0.2) is 47.7 Å². The van der Waals surface area contributed by atoms with E-state index >= 15 is 0 Å². The second-order valence-corrected chi connectivity index (χ2v) is 7.28. The Hall–Kier alpha value is -2.15. The fourth-order valence-corrected chi connectivity index (χ4v) is 3.35. The Labute approximate surface area is 203 Å². The molecule has 0 unspecified atom stereocenters. The van der Waals surface area contributed by atoms with Crippen LogP contribution in [0, 0.1) is 0 Å². The molecule has 1 aliphatic rings. The maximum absolute atomic E-state index is 12.6. The van der Waals surface area contributed by atoms with E-state index in [1.165, 1.54) is 12.1 Å². The summed E-state index contributed by atoms with van der Waals surface area (Å²) in [5.74, 6) is 1.41. The van der Waals surface area contributed by atoms with Gasteiger partial charge in [0.2, 0.25) is 5.95 Å². The molecule has 0 aliphatic carbocycles. The van der Waals surface area contributed by atoms with E-state index in [0.717, 1.165) is 69.3 Å². The van der Waals surface area contributed by atoms with Gasteiger partial charge in [-0.1, -0.05) is 12.1 Å². The van der Waals surface area contributed by atoms with Crippen molar-refractivity contribution in [1.29, 1.82) is 0 Å². The molecule has 1 saturated heterocycles. The number of alkyl halides is 3. The third kappa shape index (κ3) is 8.08. The highest BCUT2D eigenvalue weighted by Crippen LogP contribution is 2.29. The van der Waals surface area contributed by atoms with Gasteiger partial charge in [-0.2, -0.15) is 13.2 Å². The Morgan fingerprint density at radius 3 is 2.28 bits per heavy atom. The molecule has 11 heteroatoms. The standard InChI is InChI=1S/C21H28F3N7.HI/c1-25-19(29-16-17-4-6-18(7-5-17)21(22,23)24)26-10-3-11-30-12-14-31(15-13-30)20-27-8-2-9-28-20;/h2,4-9H,3,10-16H2,1H3,(H2,25,26,29);1H. The number of halogens is 4. The lowest BCUT2D eigenvalue weighted by atomic mass is 10.1. The van der Waals surface area contributed by atoms with Gasteiger partial charge in [0.05, 0.1) is 5.56 Å². The van der Waals surface area contributed by atoms with Crippen molar-refractivity contribution in [2.24, 2.45) is 4.99 Å². The van der Waals surface area contributed by atoms with E-state index in [9.17, 15) is 13.2 Å². The zero-order valence-corrected chi connectivity index (χ0v) is 20.3. The smallest absolute Gasteiger partial charge is 0.356 e. The second kappa shape index (κ2) is 12.8. The molecule has 32 heavy (non-hydrogen) atoms. The van der Waals surface area contributed by atoms with E-state index in [-0.39, 0.29) is 24.0 Å². The molecule has 2 aromatic rings. The topological polar surface area (TPSA) is 68.7 Å². The summed E-state index contributed by atoms with van der Waals surface area (Å²) in [6, 6.07) is 6.96. The molecule has 1 aliphatic heterocycles. The van der Waals surface area contributed by atoms with Crippen molar-refractivity contribution in [2.45, 2.75) is 19.1 Å². The van der Waals surface area contributed by atoms with Crippen molar-refractivity contribution >= 4 is 35.9 Å². The predicted molar refractivity (Wildman–Crippen MR) is 130 cm³/mol. The number of guanidine groups is 1.